The van der Waals surface area contributed by atoms with E-state index in [9.17, 15) is 5.11 Å². The van der Waals surface area contributed by atoms with E-state index in [0.29, 0.717) is 12.4 Å². The van der Waals surface area contributed by atoms with Crippen molar-refractivity contribution in [1.82, 2.24) is 4.98 Å². The Morgan fingerprint density at radius 3 is 2.81 bits per heavy atom. The van der Waals surface area contributed by atoms with E-state index >= 15 is 0 Å². The fourth-order valence-corrected chi connectivity index (χ4v) is 4.08. The number of ether oxygens (including phenoxy) is 1. The normalized spacial score (nSPS) is 14.2. The van der Waals surface area contributed by atoms with Crippen molar-refractivity contribution in [2.75, 3.05) is 25.1 Å². The summed E-state index contributed by atoms with van der Waals surface area (Å²) in [7, 11) is 1.71. The monoisotopic (exact) mass is 418 g/mol. The molecule has 0 saturated carbocycles. The second-order valence-electron chi connectivity index (χ2n) is 8.06. The number of hydrogen-bond donors (Lipinski definition) is 1. The molecule has 31 heavy (non-hydrogen) atoms. The van der Waals surface area contributed by atoms with Crippen LogP contribution in [-0.4, -0.2) is 30.3 Å². The molecule has 0 saturated heterocycles. The second kappa shape index (κ2) is 10.2. The number of aromatic nitrogens is 1. The highest BCUT2D eigenvalue weighted by Gasteiger charge is 2.16. The molecule has 0 fully saturated rings. The van der Waals surface area contributed by atoms with Gasteiger partial charge in [0.05, 0.1) is 12.8 Å². The number of aryl methyl sites for hydroxylation is 1. The molecule has 1 aliphatic heterocycles. The quantitative estimate of drug-likeness (QED) is 0.488. The first-order valence-electron chi connectivity index (χ1n) is 11.0. The van der Waals surface area contributed by atoms with Gasteiger partial charge >= 0.3 is 0 Å². The Balaban J connectivity index is 1.26. The average Bonchev–Trinajstić information content (AvgIpc) is 3.11. The summed E-state index contributed by atoms with van der Waals surface area (Å²) in [5.41, 5.74) is 4.76. The summed E-state index contributed by atoms with van der Waals surface area (Å²) < 4.78 is 11.1. The van der Waals surface area contributed by atoms with Gasteiger partial charge in [0.25, 0.3) is 6.01 Å². The summed E-state index contributed by atoms with van der Waals surface area (Å²) in [5, 5.41) is 9.64. The summed E-state index contributed by atoms with van der Waals surface area (Å²) in [6.45, 7) is 1.85. The molecule has 1 N–H and O–H groups in total. The van der Waals surface area contributed by atoms with Crippen molar-refractivity contribution in [2.45, 2.75) is 38.5 Å². The third-order valence-corrected chi connectivity index (χ3v) is 5.74. The molecule has 5 nitrogen and oxygen atoms in total. The Labute approximate surface area is 184 Å². The van der Waals surface area contributed by atoms with Crippen molar-refractivity contribution in [3.63, 3.8) is 0 Å². The highest BCUT2D eigenvalue weighted by molar-refractivity contribution is 5.33. The predicted molar refractivity (Wildman–Crippen MR) is 123 cm³/mol. The van der Waals surface area contributed by atoms with Gasteiger partial charge in [-0.25, -0.2) is 0 Å². The minimum atomic E-state index is 0.277. The van der Waals surface area contributed by atoms with Crippen LogP contribution >= 0.6 is 0 Å². The molecule has 2 heterocycles. The van der Waals surface area contributed by atoms with E-state index in [2.05, 4.69) is 34.2 Å². The summed E-state index contributed by atoms with van der Waals surface area (Å²) in [4.78, 5) is 6.92. The number of hydrogen-bond acceptors (Lipinski definition) is 5. The number of anilines is 1. The van der Waals surface area contributed by atoms with Gasteiger partial charge in [0.2, 0.25) is 0 Å². The van der Waals surface area contributed by atoms with Crippen LogP contribution < -0.4 is 9.64 Å². The van der Waals surface area contributed by atoms with Crippen molar-refractivity contribution in [1.29, 1.82) is 0 Å². The standard InChI is InChI=1S/C26H30N2O3/c1-30-25-12-4-8-21(18-25)7-2-6-20-10-5-14-28(15-13-20)26-27-23(19-31-26)16-22-9-3-11-24(29)17-22/h3-4,8-12,17-19,29H,2,5-7,13-16H2,1H3. The molecule has 0 radical (unpaired) electrons. The van der Waals surface area contributed by atoms with Crippen molar-refractivity contribution >= 4 is 6.01 Å². The van der Waals surface area contributed by atoms with E-state index < -0.39 is 0 Å². The van der Waals surface area contributed by atoms with E-state index in [-0.39, 0.29) is 5.75 Å². The van der Waals surface area contributed by atoms with Gasteiger partial charge in [0.15, 0.2) is 0 Å². The number of aromatic hydroxyl groups is 1. The minimum absolute atomic E-state index is 0.277. The van der Waals surface area contributed by atoms with Crippen LogP contribution in [0, 0.1) is 0 Å². The molecular formula is C26H30N2O3. The first kappa shape index (κ1) is 21.0. The van der Waals surface area contributed by atoms with E-state index in [1.54, 1.807) is 25.5 Å². The van der Waals surface area contributed by atoms with Crippen LogP contribution in [-0.2, 0) is 12.8 Å². The lowest BCUT2D eigenvalue weighted by molar-refractivity contribution is 0.414. The zero-order valence-corrected chi connectivity index (χ0v) is 18.1. The van der Waals surface area contributed by atoms with Gasteiger partial charge in [-0.05, 0) is 67.5 Å². The molecule has 2 aromatic carbocycles. The van der Waals surface area contributed by atoms with Crippen molar-refractivity contribution < 1.29 is 14.3 Å². The van der Waals surface area contributed by atoms with Crippen LogP contribution in [0.15, 0.2) is 70.9 Å². The molecule has 0 aliphatic carbocycles. The first-order valence-corrected chi connectivity index (χ1v) is 11.0. The van der Waals surface area contributed by atoms with Crippen molar-refractivity contribution in [2.24, 2.45) is 0 Å². The summed E-state index contributed by atoms with van der Waals surface area (Å²) in [6, 6.07) is 16.3. The van der Waals surface area contributed by atoms with Crippen LogP contribution in [0.25, 0.3) is 0 Å². The summed E-state index contributed by atoms with van der Waals surface area (Å²) in [5.74, 6) is 1.20. The Bertz CT molecular complexity index is 1020. The highest BCUT2D eigenvalue weighted by atomic mass is 16.5. The fourth-order valence-electron chi connectivity index (χ4n) is 4.08. The maximum absolute atomic E-state index is 9.64. The van der Waals surface area contributed by atoms with Gasteiger partial charge in [-0.1, -0.05) is 35.9 Å². The molecule has 4 rings (SSSR count). The lowest BCUT2D eigenvalue weighted by Crippen LogP contribution is -2.24. The zero-order chi connectivity index (χ0) is 21.5. The lowest BCUT2D eigenvalue weighted by Gasteiger charge is -2.17. The molecule has 0 amide bonds. The van der Waals surface area contributed by atoms with E-state index in [0.717, 1.165) is 62.2 Å². The van der Waals surface area contributed by atoms with Crippen LogP contribution in [0.5, 0.6) is 11.5 Å². The van der Waals surface area contributed by atoms with Gasteiger partial charge < -0.3 is 19.2 Å². The molecule has 162 valence electrons. The third-order valence-electron chi connectivity index (χ3n) is 5.74. The van der Waals surface area contributed by atoms with E-state index in [1.807, 2.05) is 18.2 Å². The molecule has 0 atom stereocenters. The van der Waals surface area contributed by atoms with Crippen LogP contribution in [0.1, 0.15) is 42.5 Å². The van der Waals surface area contributed by atoms with Crippen molar-refractivity contribution in [3.8, 4) is 11.5 Å². The number of phenolic OH excluding ortho intramolecular Hbond substituents is 1. The second-order valence-corrected chi connectivity index (χ2v) is 8.06. The maximum Gasteiger partial charge on any atom is 0.297 e. The number of phenols is 1. The first-order chi connectivity index (χ1) is 15.2. The number of nitrogens with zero attached hydrogens (tertiary/aromatic N) is 2. The molecule has 5 heteroatoms. The van der Waals surface area contributed by atoms with Gasteiger partial charge in [-0.3, -0.25) is 0 Å². The van der Waals surface area contributed by atoms with Gasteiger partial charge in [-0.15, -0.1) is 0 Å². The topological polar surface area (TPSA) is 58.7 Å². The summed E-state index contributed by atoms with van der Waals surface area (Å²) >= 11 is 0. The number of oxazole rings is 1. The minimum Gasteiger partial charge on any atom is -0.508 e. The lowest BCUT2D eigenvalue weighted by atomic mass is 10.0. The third kappa shape index (κ3) is 5.91. The molecule has 3 aromatic rings. The smallest absolute Gasteiger partial charge is 0.297 e. The molecule has 1 aromatic heterocycles. The fraction of sp³-hybridized carbons (Fsp3) is 0.346. The Morgan fingerprint density at radius 2 is 1.94 bits per heavy atom. The molecular weight excluding hydrogens is 388 g/mol. The number of benzene rings is 2. The van der Waals surface area contributed by atoms with E-state index in [4.69, 9.17) is 9.15 Å². The van der Waals surface area contributed by atoms with Crippen LogP contribution in [0.3, 0.4) is 0 Å². The summed E-state index contributed by atoms with van der Waals surface area (Å²) in [6.07, 6.45) is 10.2. The van der Waals surface area contributed by atoms with Crippen LogP contribution in [0.2, 0.25) is 0 Å². The predicted octanol–water partition coefficient (Wildman–Crippen LogP) is 5.53. The highest BCUT2D eigenvalue weighted by Crippen LogP contribution is 2.24. The van der Waals surface area contributed by atoms with E-state index in [1.165, 1.54) is 11.1 Å². The molecule has 1 aliphatic rings. The SMILES string of the molecule is COc1cccc(CCCC2=CCCN(c3nc(Cc4cccc(O)c4)co3)CC2)c1. The van der Waals surface area contributed by atoms with Gasteiger partial charge in [0, 0.05) is 19.5 Å². The molecule has 0 spiro atoms. The maximum atomic E-state index is 9.64. The van der Waals surface area contributed by atoms with Crippen LogP contribution in [0.4, 0.5) is 6.01 Å². The van der Waals surface area contributed by atoms with Gasteiger partial charge in [0.1, 0.15) is 17.8 Å². The van der Waals surface area contributed by atoms with Crippen molar-refractivity contribution in [3.05, 3.63) is 83.3 Å². The Kier molecular flexibility index (Phi) is 6.92. The Morgan fingerprint density at radius 1 is 1.06 bits per heavy atom. The van der Waals surface area contributed by atoms with Gasteiger partial charge in [-0.2, -0.15) is 4.98 Å². The average molecular weight is 419 g/mol. The number of methoxy groups -OCH3 is 1. The zero-order valence-electron chi connectivity index (χ0n) is 18.1. The largest absolute Gasteiger partial charge is 0.508 e. The Hall–Kier alpha value is -3.21. The molecule has 0 unspecified atom stereocenters. The molecule has 0 bridgehead atoms. The number of rotatable bonds is 8.